The Morgan fingerprint density at radius 1 is 0.962 bits per heavy atom. The topological polar surface area (TPSA) is 30.9 Å². The van der Waals surface area contributed by atoms with Crippen molar-refractivity contribution < 1.29 is 14.0 Å². The molecule has 0 spiro atoms. The molecule has 2 heterocycles. The third-order valence-corrected chi connectivity index (χ3v) is 5.93. The molecule has 1 atom stereocenters. The van der Waals surface area contributed by atoms with Crippen molar-refractivity contribution in [3.63, 3.8) is 0 Å². The lowest BCUT2D eigenvalue weighted by Crippen LogP contribution is -2.39. The summed E-state index contributed by atoms with van der Waals surface area (Å²) in [4.78, 5) is 2.59. The number of hydrogen-bond donors (Lipinski definition) is 0. The number of methoxy groups -OCH3 is 2. The van der Waals surface area contributed by atoms with Crippen LogP contribution in [0.25, 0.3) is 0 Å². The molecular weight excluding hydrogens is 345 g/mol. The van der Waals surface area contributed by atoms with Gasteiger partial charge in [-0.3, -0.25) is 4.90 Å². The number of ether oxygens (including phenoxy) is 2. The van der Waals surface area contributed by atoms with Crippen molar-refractivity contribution in [3.8, 4) is 17.2 Å². The first kappa shape index (κ1) is 17.6. The van der Waals surface area contributed by atoms with Gasteiger partial charge in [-0.2, -0.15) is 0 Å². The van der Waals surface area contributed by atoms with E-state index < -0.39 is 8.15 Å². The van der Waals surface area contributed by atoms with E-state index in [1.165, 1.54) is 22.3 Å². The van der Waals surface area contributed by atoms with Crippen LogP contribution < -0.4 is 14.0 Å². The summed E-state index contributed by atoms with van der Waals surface area (Å²) in [6.07, 6.45) is 2.09. The molecular formula is C21H26NO3P. The lowest BCUT2D eigenvalue weighted by molar-refractivity contribution is 0.160. The Morgan fingerprint density at radius 2 is 1.77 bits per heavy atom. The van der Waals surface area contributed by atoms with E-state index in [0.29, 0.717) is 6.04 Å². The highest BCUT2D eigenvalue weighted by Crippen LogP contribution is 2.44. The lowest BCUT2D eigenvalue weighted by Gasteiger charge is -2.41. The Morgan fingerprint density at radius 3 is 2.50 bits per heavy atom. The molecule has 138 valence electrons. The Balaban J connectivity index is 1.70. The molecule has 1 unspecified atom stereocenters. The van der Waals surface area contributed by atoms with Gasteiger partial charge in [-0.15, -0.1) is 0 Å². The molecule has 0 fully saturated rings. The van der Waals surface area contributed by atoms with E-state index in [1.54, 1.807) is 14.2 Å². The molecule has 0 bridgehead atoms. The van der Waals surface area contributed by atoms with E-state index in [4.69, 9.17) is 14.0 Å². The second-order valence-corrected chi connectivity index (χ2v) is 8.99. The maximum absolute atomic E-state index is 6.05. The summed E-state index contributed by atoms with van der Waals surface area (Å²) in [5.74, 6) is 2.68. The number of benzene rings is 2. The SMILES string of the molecule is COc1ccc2c(c1)CCN1Cc3cc(OC)c(OP(C)C)cc3CC21. The number of fused-ring (bicyclic) bond motifs is 4. The Kier molecular flexibility index (Phi) is 4.81. The van der Waals surface area contributed by atoms with Gasteiger partial charge in [0.15, 0.2) is 11.5 Å². The second-order valence-electron chi connectivity index (χ2n) is 7.18. The largest absolute Gasteiger partial charge is 0.497 e. The van der Waals surface area contributed by atoms with Crippen LogP contribution in [0.2, 0.25) is 0 Å². The van der Waals surface area contributed by atoms with Crippen LogP contribution in [0.3, 0.4) is 0 Å². The number of nitrogens with zero attached hydrogens (tertiary/aromatic N) is 1. The van der Waals surface area contributed by atoms with E-state index in [0.717, 1.165) is 43.2 Å². The molecule has 0 aliphatic carbocycles. The fraction of sp³-hybridized carbons (Fsp3) is 0.429. The minimum absolute atomic E-state index is 0.433. The van der Waals surface area contributed by atoms with Crippen LogP contribution >= 0.6 is 8.15 Å². The first-order valence-corrected chi connectivity index (χ1v) is 11.2. The maximum Gasteiger partial charge on any atom is 0.165 e. The molecule has 0 saturated heterocycles. The van der Waals surface area contributed by atoms with Gasteiger partial charge in [0.25, 0.3) is 0 Å². The van der Waals surface area contributed by atoms with Gasteiger partial charge < -0.3 is 14.0 Å². The van der Waals surface area contributed by atoms with E-state index in [-0.39, 0.29) is 0 Å². The zero-order valence-corrected chi connectivity index (χ0v) is 16.8. The predicted octanol–water partition coefficient (Wildman–Crippen LogP) is 4.39. The average Bonchev–Trinajstić information content (AvgIpc) is 2.65. The molecule has 0 saturated carbocycles. The second kappa shape index (κ2) is 7.09. The summed E-state index contributed by atoms with van der Waals surface area (Å²) in [5.41, 5.74) is 5.60. The van der Waals surface area contributed by atoms with Crippen LogP contribution in [-0.4, -0.2) is 39.0 Å². The standard InChI is InChI=1S/C21H26NO3P/c1-23-17-5-6-18-14(9-17)7-8-22-13-16-12-20(24-2)21(25-26(3)4)11-15(16)10-19(18)22/h5-6,9,11-12,19H,7-8,10,13H2,1-4H3. The van der Waals surface area contributed by atoms with Gasteiger partial charge >= 0.3 is 0 Å². The molecule has 0 amide bonds. The first-order chi connectivity index (χ1) is 12.6. The van der Waals surface area contributed by atoms with Crippen molar-refractivity contribution >= 4 is 8.15 Å². The molecule has 0 aromatic heterocycles. The van der Waals surface area contributed by atoms with Gasteiger partial charge in [0.1, 0.15) is 5.75 Å². The van der Waals surface area contributed by atoms with E-state index >= 15 is 0 Å². The summed E-state index contributed by atoms with van der Waals surface area (Å²) in [5, 5.41) is 0. The van der Waals surface area contributed by atoms with E-state index in [2.05, 4.69) is 48.6 Å². The summed E-state index contributed by atoms with van der Waals surface area (Å²) in [6, 6.07) is 11.3. The zero-order valence-electron chi connectivity index (χ0n) is 15.9. The van der Waals surface area contributed by atoms with E-state index in [1.807, 2.05) is 0 Å². The van der Waals surface area contributed by atoms with Crippen molar-refractivity contribution in [1.29, 1.82) is 0 Å². The highest BCUT2D eigenvalue weighted by atomic mass is 31.1. The van der Waals surface area contributed by atoms with Gasteiger partial charge in [0.2, 0.25) is 0 Å². The van der Waals surface area contributed by atoms with Gasteiger partial charge in [0, 0.05) is 19.1 Å². The van der Waals surface area contributed by atoms with Crippen LogP contribution in [0, 0.1) is 0 Å². The van der Waals surface area contributed by atoms with Gasteiger partial charge in [-0.25, -0.2) is 0 Å². The maximum atomic E-state index is 6.05. The molecule has 2 aliphatic rings. The summed E-state index contributed by atoms with van der Waals surface area (Å²) in [6.45, 7) is 6.27. The molecule has 5 heteroatoms. The monoisotopic (exact) mass is 371 g/mol. The fourth-order valence-electron chi connectivity index (χ4n) is 4.13. The smallest absolute Gasteiger partial charge is 0.165 e. The summed E-state index contributed by atoms with van der Waals surface area (Å²) >= 11 is 0. The minimum atomic E-state index is -0.480. The first-order valence-electron chi connectivity index (χ1n) is 9.05. The van der Waals surface area contributed by atoms with Crippen LogP contribution in [0.5, 0.6) is 17.2 Å². The van der Waals surface area contributed by atoms with Crippen LogP contribution in [-0.2, 0) is 19.4 Å². The van der Waals surface area contributed by atoms with E-state index in [9.17, 15) is 0 Å². The van der Waals surface area contributed by atoms with Crippen molar-refractivity contribution in [2.45, 2.75) is 25.4 Å². The number of hydrogen-bond acceptors (Lipinski definition) is 4. The molecule has 4 rings (SSSR count). The van der Waals surface area contributed by atoms with Crippen molar-refractivity contribution in [2.75, 3.05) is 34.1 Å². The molecule has 2 aromatic rings. The highest BCUT2D eigenvalue weighted by molar-refractivity contribution is 7.51. The quantitative estimate of drug-likeness (QED) is 0.746. The fourth-order valence-corrected chi connectivity index (χ4v) is 4.67. The minimum Gasteiger partial charge on any atom is -0.497 e. The molecule has 26 heavy (non-hydrogen) atoms. The van der Waals surface area contributed by atoms with Crippen molar-refractivity contribution in [3.05, 3.63) is 52.6 Å². The zero-order chi connectivity index (χ0) is 18.3. The normalized spacial score (nSPS) is 18.7. The van der Waals surface area contributed by atoms with Crippen molar-refractivity contribution in [1.82, 2.24) is 4.90 Å². The van der Waals surface area contributed by atoms with Crippen molar-refractivity contribution in [2.24, 2.45) is 0 Å². The average molecular weight is 371 g/mol. The number of rotatable bonds is 4. The Labute approximate surface area is 156 Å². The van der Waals surface area contributed by atoms with Gasteiger partial charge in [0.05, 0.1) is 22.4 Å². The molecule has 0 radical (unpaired) electrons. The molecule has 2 aromatic carbocycles. The van der Waals surface area contributed by atoms with Gasteiger partial charge in [-0.05, 0) is 72.7 Å². The third kappa shape index (κ3) is 3.17. The van der Waals surface area contributed by atoms with Crippen LogP contribution in [0.15, 0.2) is 30.3 Å². The van der Waals surface area contributed by atoms with Crippen LogP contribution in [0.1, 0.15) is 28.3 Å². The van der Waals surface area contributed by atoms with Crippen LogP contribution in [0.4, 0.5) is 0 Å². The molecule has 0 N–H and O–H groups in total. The highest BCUT2D eigenvalue weighted by Gasteiger charge is 2.33. The molecule has 2 aliphatic heterocycles. The Hall–Kier alpha value is -1.77. The lowest BCUT2D eigenvalue weighted by atomic mass is 9.84. The van der Waals surface area contributed by atoms with Gasteiger partial charge in [-0.1, -0.05) is 6.07 Å². The predicted molar refractivity (Wildman–Crippen MR) is 106 cm³/mol. The third-order valence-electron chi connectivity index (χ3n) is 5.37. The summed E-state index contributed by atoms with van der Waals surface area (Å²) in [7, 11) is 2.98. The Bertz CT molecular complexity index is 821. The molecule has 4 nitrogen and oxygen atoms in total. The summed E-state index contributed by atoms with van der Waals surface area (Å²) < 4.78 is 17.0.